The lowest BCUT2D eigenvalue weighted by atomic mass is 9.75. The largest absolute Gasteiger partial charge is 0.369 e. The van der Waals surface area contributed by atoms with Crippen LogP contribution in [-0.4, -0.2) is 17.4 Å². The fourth-order valence-corrected chi connectivity index (χ4v) is 2.24. The van der Waals surface area contributed by atoms with Gasteiger partial charge in [0.25, 0.3) is 0 Å². The zero-order chi connectivity index (χ0) is 13.9. The molecule has 0 heterocycles. The summed E-state index contributed by atoms with van der Waals surface area (Å²) in [4.78, 5) is 22.6. The molecule has 2 rings (SSSR count). The van der Waals surface area contributed by atoms with E-state index in [2.05, 4.69) is 5.32 Å². The molecule has 1 aromatic rings. The van der Waals surface area contributed by atoms with Gasteiger partial charge in [0.1, 0.15) is 0 Å². The predicted molar refractivity (Wildman–Crippen MR) is 73.4 cm³/mol. The Morgan fingerprint density at radius 1 is 1.21 bits per heavy atom. The zero-order valence-electron chi connectivity index (χ0n) is 10.8. The molecule has 1 aliphatic rings. The SMILES string of the molecule is NC(=O)Cc1ccc(NC(=O)CC2(N)CCC2)cc1. The Labute approximate surface area is 112 Å². The van der Waals surface area contributed by atoms with E-state index in [4.69, 9.17) is 11.5 Å². The molecule has 102 valence electrons. The van der Waals surface area contributed by atoms with Crippen LogP contribution >= 0.6 is 0 Å². The molecular weight excluding hydrogens is 242 g/mol. The molecule has 19 heavy (non-hydrogen) atoms. The first-order chi connectivity index (χ1) is 8.97. The number of hydrogen-bond acceptors (Lipinski definition) is 3. The third-order valence-corrected chi connectivity index (χ3v) is 3.48. The highest BCUT2D eigenvalue weighted by Gasteiger charge is 2.34. The lowest BCUT2D eigenvalue weighted by molar-refractivity contribution is -0.118. The second-order valence-corrected chi connectivity index (χ2v) is 5.28. The fourth-order valence-electron chi connectivity index (χ4n) is 2.24. The van der Waals surface area contributed by atoms with E-state index in [0.717, 1.165) is 24.8 Å². The molecule has 0 aromatic heterocycles. The van der Waals surface area contributed by atoms with Crippen molar-refractivity contribution in [3.63, 3.8) is 0 Å². The molecule has 5 N–H and O–H groups in total. The molecule has 0 atom stereocenters. The number of nitrogens with one attached hydrogen (secondary N) is 1. The minimum Gasteiger partial charge on any atom is -0.369 e. The van der Waals surface area contributed by atoms with Gasteiger partial charge < -0.3 is 16.8 Å². The summed E-state index contributed by atoms with van der Waals surface area (Å²) in [6.07, 6.45) is 3.50. The number of nitrogens with two attached hydrogens (primary N) is 2. The summed E-state index contributed by atoms with van der Waals surface area (Å²) in [5.74, 6) is -0.434. The highest BCUT2D eigenvalue weighted by Crippen LogP contribution is 2.32. The van der Waals surface area contributed by atoms with E-state index in [1.807, 2.05) is 0 Å². The van der Waals surface area contributed by atoms with Crippen molar-refractivity contribution in [3.05, 3.63) is 29.8 Å². The minimum absolute atomic E-state index is 0.0650. The molecule has 0 saturated heterocycles. The highest BCUT2D eigenvalue weighted by atomic mass is 16.2. The summed E-state index contributed by atoms with van der Waals surface area (Å²) in [5.41, 5.74) is 12.4. The number of hydrogen-bond donors (Lipinski definition) is 3. The number of benzene rings is 1. The predicted octanol–water partition coefficient (Wildman–Crippen LogP) is 0.924. The van der Waals surface area contributed by atoms with Crippen molar-refractivity contribution in [1.82, 2.24) is 0 Å². The van der Waals surface area contributed by atoms with Crippen LogP contribution < -0.4 is 16.8 Å². The van der Waals surface area contributed by atoms with Gasteiger partial charge in [0.2, 0.25) is 11.8 Å². The van der Waals surface area contributed by atoms with Gasteiger partial charge in [-0.3, -0.25) is 9.59 Å². The van der Waals surface area contributed by atoms with E-state index in [0.29, 0.717) is 12.1 Å². The van der Waals surface area contributed by atoms with Crippen LogP contribution in [0.4, 0.5) is 5.69 Å². The van der Waals surface area contributed by atoms with Crippen molar-refractivity contribution in [2.45, 2.75) is 37.6 Å². The first kappa shape index (κ1) is 13.5. The second kappa shape index (κ2) is 5.40. The molecule has 0 spiro atoms. The third-order valence-electron chi connectivity index (χ3n) is 3.48. The Balaban J connectivity index is 1.88. The van der Waals surface area contributed by atoms with Gasteiger partial charge in [-0.25, -0.2) is 0 Å². The van der Waals surface area contributed by atoms with Crippen LogP contribution in [0.3, 0.4) is 0 Å². The monoisotopic (exact) mass is 261 g/mol. The molecule has 0 unspecified atom stereocenters. The van der Waals surface area contributed by atoms with Crippen LogP contribution in [-0.2, 0) is 16.0 Å². The van der Waals surface area contributed by atoms with Crippen LogP contribution in [0.1, 0.15) is 31.2 Å². The van der Waals surface area contributed by atoms with Crippen molar-refractivity contribution >= 4 is 17.5 Å². The average Bonchev–Trinajstić information content (AvgIpc) is 2.29. The lowest BCUT2D eigenvalue weighted by Gasteiger charge is -2.37. The number of carbonyl (C=O) groups excluding carboxylic acids is 2. The maximum Gasteiger partial charge on any atom is 0.226 e. The van der Waals surface area contributed by atoms with Gasteiger partial charge in [-0.2, -0.15) is 0 Å². The van der Waals surface area contributed by atoms with Crippen molar-refractivity contribution in [2.75, 3.05) is 5.32 Å². The smallest absolute Gasteiger partial charge is 0.226 e. The first-order valence-electron chi connectivity index (χ1n) is 6.43. The summed E-state index contributed by atoms with van der Waals surface area (Å²) in [7, 11) is 0. The molecule has 2 amide bonds. The highest BCUT2D eigenvalue weighted by molar-refractivity contribution is 5.91. The first-order valence-corrected chi connectivity index (χ1v) is 6.43. The standard InChI is InChI=1S/C14H19N3O2/c15-12(18)8-10-2-4-11(5-3-10)17-13(19)9-14(16)6-1-7-14/h2-5H,1,6-9,16H2,(H2,15,18)(H,17,19). The van der Waals surface area contributed by atoms with Crippen LogP contribution in [0.15, 0.2) is 24.3 Å². The molecule has 0 bridgehead atoms. The molecule has 1 saturated carbocycles. The van der Waals surface area contributed by atoms with Gasteiger partial charge >= 0.3 is 0 Å². The summed E-state index contributed by atoms with van der Waals surface area (Å²) in [6, 6.07) is 7.09. The van der Waals surface area contributed by atoms with E-state index < -0.39 is 0 Å². The third kappa shape index (κ3) is 3.79. The van der Waals surface area contributed by atoms with Crippen molar-refractivity contribution in [2.24, 2.45) is 11.5 Å². The summed E-state index contributed by atoms with van der Waals surface area (Å²) >= 11 is 0. The normalized spacial score (nSPS) is 16.5. The fraction of sp³-hybridized carbons (Fsp3) is 0.429. The number of primary amides is 1. The second-order valence-electron chi connectivity index (χ2n) is 5.28. The quantitative estimate of drug-likeness (QED) is 0.735. The van der Waals surface area contributed by atoms with Crippen LogP contribution in [0.5, 0.6) is 0 Å². The topological polar surface area (TPSA) is 98.2 Å². The molecular formula is C14H19N3O2. The van der Waals surface area contributed by atoms with E-state index >= 15 is 0 Å². The minimum atomic E-state index is -0.369. The van der Waals surface area contributed by atoms with Crippen molar-refractivity contribution in [1.29, 1.82) is 0 Å². The van der Waals surface area contributed by atoms with Gasteiger partial charge in [0.15, 0.2) is 0 Å². The van der Waals surface area contributed by atoms with Gasteiger partial charge in [0.05, 0.1) is 6.42 Å². The molecule has 1 aromatic carbocycles. The maximum atomic E-state index is 11.8. The van der Waals surface area contributed by atoms with Crippen molar-refractivity contribution in [3.8, 4) is 0 Å². The molecule has 5 heteroatoms. The van der Waals surface area contributed by atoms with Gasteiger partial charge in [-0.15, -0.1) is 0 Å². The van der Waals surface area contributed by atoms with Crippen LogP contribution in [0, 0.1) is 0 Å². The van der Waals surface area contributed by atoms with E-state index in [1.165, 1.54) is 0 Å². The number of carbonyl (C=O) groups is 2. The molecule has 1 aliphatic carbocycles. The Kier molecular flexibility index (Phi) is 3.85. The summed E-state index contributed by atoms with van der Waals surface area (Å²) < 4.78 is 0. The lowest BCUT2D eigenvalue weighted by Crippen LogP contribution is -2.48. The van der Waals surface area contributed by atoms with E-state index in [-0.39, 0.29) is 23.8 Å². The number of rotatable bonds is 5. The maximum absolute atomic E-state index is 11.8. The summed E-state index contributed by atoms with van der Waals surface area (Å²) in [6.45, 7) is 0. The average molecular weight is 261 g/mol. The van der Waals surface area contributed by atoms with E-state index in [1.54, 1.807) is 24.3 Å². The Hall–Kier alpha value is -1.88. The van der Waals surface area contributed by atoms with Gasteiger partial charge in [0, 0.05) is 17.6 Å². The van der Waals surface area contributed by atoms with Crippen molar-refractivity contribution < 1.29 is 9.59 Å². The number of anilines is 1. The zero-order valence-corrected chi connectivity index (χ0v) is 10.8. The molecule has 5 nitrogen and oxygen atoms in total. The summed E-state index contributed by atoms with van der Waals surface area (Å²) in [5, 5.41) is 2.81. The molecule has 0 aliphatic heterocycles. The van der Waals surface area contributed by atoms with Crippen LogP contribution in [0.2, 0.25) is 0 Å². The van der Waals surface area contributed by atoms with Crippen LogP contribution in [0.25, 0.3) is 0 Å². The molecule has 1 fully saturated rings. The Morgan fingerprint density at radius 3 is 2.32 bits per heavy atom. The Morgan fingerprint density at radius 2 is 1.84 bits per heavy atom. The Bertz CT molecular complexity index is 478. The van der Waals surface area contributed by atoms with E-state index in [9.17, 15) is 9.59 Å². The van der Waals surface area contributed by atoms with Gasteiger partial charge in [-0.1, -0.05) is 12.1 Å². The number of amides is 2. The van der Waals surface area contributed by atoms with Gasteiger partial charge in [-0.05, 0) is 37.0 Å². The molecule has 0 radical (unpaired) electrons.